The fourth-order valence-corrected chi connectivity index (χ4v) is 3.04. The summed E-state index contributed by atoms with van der Waals surface area (Å²) in [5.41, 5.74) is 1.82. The minimum atomic E-state index is -0.334. The van der Waals surface area contributed by atoms with Gasteiger partial charge in [0.2, 0.25) is 11.8 Å². The molecule has 0 saturated carbocycles. The van der Waals surface area contributed by atoms with E-state index in [4.69, 9.17) is 11.6 Å². The Kier molecular flexibility index (Phi) is 4.86. The first-order valence-corrected chi connectivity index (χ1v) is 8.33. The molecule has 0 radical (unpaired) electrons. The van der Waals surface area contributed by atoms with Crippen LogP contribution in [0.25, 0.3) is 0 Å². The summed E-state index contributed by atoms with van der Waals surface area (Å²) in [6.45, 7) is 2.34. The zero-order valence-electron chi connectivity index (χ0n) is 13.4. The van der Waals surface area contributed by atoms with E-state index in [9.17, 15) is 9.59 Å². The standard InChI is InChI=1S/C19H19ClN2O2/c1-13(14-5-3-2-4-6-14)21-19(24)15-11-18(23)22(12-15)17-9-7-16(20)8-10-17/h2-10,13,15H,11-12H2,1H3,(H,21,24)/t13-,15?/m0/s1. The molecule has 4 nitrogen and oxygen atoms in total. The quantitative estimate of drug-likeness (QED) is 0.923. The number of carbonyl (C=O) groups is 2. The third kappa shape index (κ3) is 3.60. The van der Waals surface area contributed by atoms with Crippen molar-refractivity contribution in [3.8, 4) is 0 Å². The Bertz CT molecular complexity index is 731. The maximum absolute atomic E-state index is 12.5. The van der Waals surface area contributed by atoms with Crippen LogP contribution in [0.5, 0.6) is 0 Å². The van der Waals surface area contributed by atoms with Crippen molar-refractivity contribution >= 4 is 29.1 Å². The van der Waals surface area contributed by atoms with Crippen molar-refractivity contribution in [2.45, 2.75) is 19.4 Å². The topological polar surface area (TPSA) is 49.4 Å². The molecule has 2 aromatic carbocycles. The molecule has 0 aliphatic carbocycles. The second-order valence-electron chi connectivity index (χ2n) is 6.02. The molecule has 124 valence electrons. The van der Waals surface area contributed by atoms with Crippen LogP contribution in [0.1, 0.15) is 24.9 Å². The Morgan fingerprint density at radius 3 is 2.50 bits per heavy atom. The summed E-state index contributed by atoms with van der Waals surface area (Å²) in [6.07, 6.45) is 0.232. The Balaban J connectivity index is 1.64. The molecular weight excluding hydrogens is 324 g/mol. The van der Waals surface area contributed by atoms with Gasteiger partial charge in [0.1, 0.15) is 0 Å². The second-order valence-corrected chi connectivity index (χ2v) is 6.46. The molecule has 1 heterocycles. The molecule has 0 bridgehead atoms. The molecule has 0 aromatic heterocycles. The summed E-state index contributed by atoms with van der Waals surface area (Å²) in [7, 11) is 0. The number of rotatable bonds is 4. The fraction of sp³-hybridized carbons (Fsp3) is 0.263. The monoisotopic (exact) mass is 342 g/mol. The number of carbonyl (C=O) groups excluding carboxylic acids is 2. The molecule has 1 unspecified atom stereocenters. The Labute approximate surface area is 146 Å². The molecule has 2 atom stereocenters. The molecule has 2 amide bonds. The van der Waals surface area contributed by atoms with Crippen LogP contribution in [0.3, 0.4) is 0 Å². The summed E-state index contributed by atoms with van der Waals surface area (Å²) >= 11 is 5.88. The van der Waals surface area contributed by atoms with Gasteiger partial charge in [0.25, 0.3) is 0 Å². The van der Waals surface area contributed by atoms with Crippen LogP contribution in [0.15, 0.2) is 54.6 Å². The summed E-state index contributed by atoms with van der Waals surface area (Å²) < 4.78 is 0. The Morgan fingerprint density at radius 2 is 1.83 bits per heavy atom. The van der Waals surface area contributed by atoms with E-state index in [1.54, 1.807) is 29.2 Å². The van der Waals surface area contributed by atoms with Gasteiger partial charge in [-0.05, 0) is 36.8 Å². The highest BCUT2D eigenvalue weighted by atomic mass is 35.5. The number of nitrogens with one attached hydrogen (secondary N) is 1. The van der Waals surface area contributed by atoms with E-state index in [0.717, 1.165) is 11.3 Å². The zero-order chi connectivity index (χ0) is 17.1. The summed E-state index contributed by atoms with van der Waals surface area (Å²) in [4.78, 5) is 26.4. The van der Waals surface area contributed by atoms with Gasteiger partial charge in [-0.1, -0.05) is 41.9 Å². The van der Waals surface area contributed by atoms with Gasteiger partial charge in [0.15, 0.2) is 0 Å². The fourth-order valence-electron chi connectivity index (χ4n) is 2.91. The van der Waals surface area contributed by atoms with Gasteiger partial charge < -0.3 is 10.2 Å². The van der Waals surface area contributed by atoms with Crippen molar-refractivity contribution in [2.75, 3.05) is 11.4 Å². The van der Waals surface area contributed by atoms with Gasteiger partial charge in [-0.15, -0.1) is 0 Å². The SMILES string of the molecule is C[C@H](NC(=O)C1CC(=O)N(c2ccc(Cl)cc2)C1)c1ccccc1. The smallest absolute Gasteiger partial charge is 0.227 e. The van der Waals surface area contributed by atoms with Crippen LogP contribution < -0.4 is 10.2 Å². The van der Waals surface area contributed by atoms with Crippen molar-refractivity contribution < 1.29 is 9.59 Å². The highest BCUT2D eigenvalue weighted by Crippen LogP contribution is 2.27. The number of benzene rings is 2. The lowest BCUT2D eigenvalue weighted by atomic mass is 10.1. The van der Waals surface area contributed by atoms with Crippen molar-refractivity contribution in [1.29, 1.82) is 0 Å². The molecule has 1 fully saturated rings. The van der Waals surface area contributed by atoms with Crippen LogP contribution in [0, 0.1) is 5.92 Å². The predicted octanol–water partition coefficient (Wildman–Crippen LogP) is 3.57. The molecule has 1 N–H and O–H groups in total. The number of hydrogen-bond acceptors (Lipinski definition) is 2. The van der Waals surface area contributed by atoms with Crippen LogP contribution in [0.4, 0.5) is 5.69 Å². The molecule has 1 saturated heterocycles. The first kappa shape index (κ1) is 16.5. The van der Waals surface area contributed by atoms with Crippen LogP contribution in [0.2, 0.25) is 5.02 Å². The van der Waals surface area contributed by atoms with Crippen molar-refractivity contribution in [1.82, 2.24) is 5.32 Å². The Morgan fingerprint density at radius 1 is 1.17 bits per heavy atom. The van der Waals surface area contributed by atoms with Gasteiger partial charge >= 0.3 is 0 Å². The lowest BCUT2D eigenvalue weighted by Gasteiger charge is -2.19. The van der Waals surface area contributed by atoms with Crippen LogP contribution >= 0.6 is 11.6 Å². The molecule has 5 heteroatoms. The third-order valence-electron chi connectivity index (χ3n) is 4.29. The van der Waals surface area contributed by atoms with E-state index >= 15 is 0 Å². The van der Waals surface area contributed by atoms with Crippen LogP contribution in [-0.4, -0.2) is 18.4 Å². The maximum Gasteiger partial charge on any atom is 0.227 e. The summed E-state index contributed by atoms with van der Waals surface area (Å²) in [5.74, 6) is -0.458. The van der Waals surface area contributed by atoms with E-state index < -0.39 is 0 Å². The van der Waals surface area contributed by atoms with Gasteiger partial charge in [0, 0.05) is 23.7 Å². The van der Waals surface area contributed by atoms with Gasteiger partial charge in [-0.25, -0.2) is 0 Å². The van der Waals surface area contributed by atoms with Crippen molar-refractivity contribution in [3.05, 3.63) is 65.2 Å². The van der Waals surface area contributed by atoms with E-state index in [0.29, 0.717) is 11.6 Å². The normalized spacial score (nSPS) is 18.5. The number of hydrogen-bond donors (Lipinski definition) is 1. The molecule has 1 aliphatic heterocycles. The predicted molar refractivity (Wildman–Crippen MR) is 94.9 cm³/mol. The molecule has 0 spiro atoms. The lowest BCUT2D eigenvalue weighted by Crippen LogP contribution is -2.34. The van der Waals surface area contributed by atoms with E-state index in [1.165, 1.54) is 0 Å². The average Bonchev–Trinajstić information content (AvgIpc) is 2.98. The molecule has 3 rings (SSSR count). The Hall–Kier alpha value is -2.33. The molecule has 1 aliphatic rings. The van der Waals surface area contributed by atoms with Crippen LogP contribution in [-0.2, 0) is 9.59 Å². The lowest BCUT2D eigenvalue weighted by molar-refractivity contribution is -0.126. The van der Waals surface area contributed by atoms with Crippen molar-refractivity contribution in [2.24, 2.45) is 5.92 Å². The third-order valence-corrected chi connectivity index (χ3v) is 4.54. The molecule has 24 heavy (non-hydrogen) atoms. The zero-order valence-corrected chi connectivity index (χ0v) is 14.2. The van der Waals surface area contributed by atoms with Crippen molar-refractivity contribution in [3.63, 3.8) is 0 Å². The minimum absolute atomic E-state index is 0.0372. The van der Waals surface area contributed by atoms with Gasteiger partial charge in [-0.2, -0.15) is 0 Å². The molecule has 2 aromatic rings. The van der Waals surface area contributed by atoms with E-state index in [2.05, 4.69) is 5.32 Å². The highest BCUT2D eigenvalue weighted by Gasteiger charge is 2.35. The maximum atomic E-state index is 12.5. The largest absolute Gasteiger partial charge is 0.349 e. The first-order chi connectivity index (χ1) is 11.5. The number of anilines is 1. The number of halogens is 1. The summed E-state index contributed by atoms with van der Waals surface area (Å²) in [5, 5.41) is 3.62. The van der Waals surface area contributed by atoms with E-state index in [-0.39, 0.29) is 30.2 Å². The van der Waals surface area contributed by atoms with Gasteiger partial charge in [-0.3, -0.25) is 9.59 Å². The summed E-state index contributed by atoms with van der Waals surface area (Å²) in [6, 6.07) is 16.8. The number of nitrogens with zero attached hydrogens (tertiary/aromatic N) is 1. The highest BCUT2D eigenvalue weighted by molar-refractivity contribution is 6.30. The number of amides is 2. The first-order valence-electron chi connectivity index (χ1n) is 7.96. The van der Waals surface area contributed by atoms with E-state index in [1.807, 2.05) is 37.3 Å². The second kappa shape index (κ2) is 7.05. The van der Waals surface area contributed by atoms with Gasteiger partial charge in [0.05, 0.1) is 12.0 Å². The minimum Gasteiger partial charge on any atom is -0.349 e. The molecular formula is C19H19ClN2O2. The average molecular weight is 343 g/mol.